The molecule has 0 amide bonds. The third kappa shape index (κ3) is 3.63. The van der Waals surface area contributed by atoms with Crippen molar-refractivity contribution in [2.75, 3.05) is 13.1 Å². The zero-order chi connectivity index (χ0) is 15.0. The van der Waals surface area contributed by atoms with Gasteiger partial charge in [-0.2, -0.15) is 0 Å². The molecule has 1 aliphatic rings. The highest BCUT2D eigenvalue weighted by Gasteiger charge is 2.28. The van der Waals surface area contributed by atoms with Crippen molar-refractivity contribution in [1.29, 1.82) is 0 Å². The van der Waals surface area contributed by atoms with E-state index >= 15 is 0 Å². The van der Waals surface area contributed by atoms with Crippen LogP contribution in [-0.4, -0.2) is 23.5 Å². The molecular formula is C19H31N. The van der Waals surface area contributed by atoms with Crippen molar-refractivity contribution in [1.82, 2.24) is 4.90 Å². The summed E-state index contributed by atoms with van der Waals surface area (Å²) in [6.45, 7) is 16.3. The molecule has 0 aliphatic carbocycles. The van der Waals surface area contributed by atoms with Crippen LogP contribution in [0.1, 0.15) is 71.4 Å². The standard InChI is InChI=1S/C19H31N/c1-18(2,3)17-11-9-15(10-12-17)16-8-7-13-20(14-16)19(4,5)6/h9-12,16H,7-8,13-14H2,1-6H3. The number of likely N-dealkylation sites (tertiary alicyclic amines) is 1. The largest absolute Gasteiger partial charge is 0.298 e. The maximum absolute atomic E-state index is 2.64. The topological polar surface area (TPSA) is 3.24 Å². The van der Waals surface area contributed by atoms with E-state index in [1.807, 2.05) is 0 Å². The van der Waals surface area contributed by atoms with Crippen LogP contribution in [-0.2, 0) is 5.41 Å². The SMILES string of the molecule is CC(C)(C)c1ccc(C2CCCN(C(C)(C)C)C2)cc1. The van der Waals surface area contributed by atoms with E-state index in [1.165, 1.54) is 37.1 Å². The minimum Gasteiger partial charge on any atom is -0.298 e. The molecule has 2 rings (SSSR count). The Hall–Kier alpha value is -0.820. The van der Waals surface area contributed by atoms with E-state index in [4.69, 9.17) is 0 Å². The van der Waals surface area contributed by atoms with Crippen molar-refractivity contribution < 1.29 is 0 Å². The van der Waals surface area contributed by atoms with Crippen LogP contribution in [0.15, 0.2) is 24.3 Å². The molecule has 0 aromatic heterocycles. The lowest BCUT2D eigenvalue weighted by Gasteiger charge is -2.41. The molecule has 0 radical (unpaired) electrons. The minimum atomic E-state index is 0.253. The second-order valence-electron chi connectivity index (χ2n) is 8.33. The highest BCUT2D eigenvalue weighted by atomic mass is 15.2. The summed E-state index contributed by atoms with van der Waals surface area (Å²) in [4.78, 5) is 2.64. The predicted octanol–water partition coefficient (Wildman–Crippen LogP) is 4.96. The van der Waals surface area contributed by atoms with Gasteiger partial charge in [-0.25, -0.2) is 0 Å². The van der Waals surface area contributed by atoms with Gasteiger partial charge < -0.3 is 0 Å². The first-order chi connectivity index (χ1) is 9.18. The van der Waals surface area contributed by atoms with Crippen LogP contribution in [0, 0.1) is 0 Å². The Morgan fingerprint density at radius 2 is 1.55 bits per heavy atom. The van der Waals surface area contributed by atoms with E-state index in [1.54, 1.807) is 0 Å². The average molecular weight is 273 g/mol. The fourth-order valence-electron chi connectivity index (χ4n) is 3.11. The average Bonchev–Trinajstić information content (AvgIpc) is 2.37. The van der Waals surface area contributed by atoms with Crippen molar-refractivity contribution in [3.8, 4) is 0 Å². The van der Waals surface area contributed by atoms with Gasteiger partial charge in [-0.05, 0) is 62.6 Å². The lowest BCUT2D eigenvalue weighted by molar-refractivity contribution is 0.0986. The molecule has 1 atom stereocenters. The van der Waals surface area contributed by atoms with Crippen LogP contribution < -0.4 is 0 Å². The lowest BCUT2D eigenvalue weighted by atomic mass is 9.83. The molecule has 1 aliphatic heterocycles. The molecule has 112 valence electrons. The van der Waals surface area contributed by atoms with Crippen LogP contribution in [0.25, 0.3) is 0 Å². The molecule has 1 saturated heterocycles. The molecule has 1 aromatic carbocycles. The Kier molecular flexibility index (Phi) is 4.30. The molecular weight excluding hydrogens is 242 g/mol. The van der Waals surface area contributed by atoms with Crippen LogP contribution in [0.5, 0.6) is 0 Å². The first kappa shape index (κ1) is 15.6. The van der Waals surface area contributed by atoms with E-state index < -0.39 is 0 Å². The van der Waals surface area contributed by atoms with Gasteiger partial charge in [-0.1, -0.05) is 45.0 Å². The highest BCUT2D eigenvalue weighted by Crippen LogP contribution is 2.32. The molecule has 1 nitrogen and oxygen atoms in total. The number of nitrogens with zero attached hydrogens (tertiary/aromatic N) is 1. The van der Waals surface area contributed by atoms with Gasteiger partial charge in [-0.3, -0.25) is 4.90 Å². The van der Waals surface area contributed by atoms with Crippen molar-refractivity contribution >= 4 is 0 Å². The van der Waals surface area contributed by atoms with E-state index in [9.17, 15) is 0 Å². The monoisotopic (exact) mass is 273 g/mol. The van der Waals surface area contributed by atoms with E-state index in [0.29, 0.717) is 11.5 Å². The number of hydrogen-bond acceptors (Lipinski definition) is 1. The molecule has 1 fully saturated rings. The summed E-state index contributed by atoms with van der Waals surface area (Å²) in [6.07, 6.45) is 2.66. The van der Waals surface area contributed by atoms with Crippen LogP contribution in [0.3, 0.4) is 0 Å². The summed E-state index contributed by atoms with van der Waals surface area (Å²) >= 11 is 0. The normalized spacial score (nSPS) is 22.0. The van der Waals surface area contributed by atoms with Gasteiger partial charge >= 0.3 is 0 Å². The minimum absolute atomic E-state index is 0.253. The molecule has 1 heterocycles. The molecule has 0 spiro atoms. The van der Waals surface area contributed by atoms with Gasteiger partial charge in [0, 0.05) is 12.1 Å². The summed E-state index contributed by atoms with van der Waals surface area (Å²) in [5.74, 6) is 0.706. The Labute approximate surface area is 125 Å². The Bertz CT molecular complexity index is 430. The zero-order valence-electron chi connectivity index (χ0n) is 14.2. The maximum atomic E-state index is 2.64. The fourth-order valence-corrected chi connectivity index (χ4v) is 3.11. The molecule has 1 heteroatoms. The molecule has 1 aromatic rings. The molecule has 0 N–H and O–H groups in total. The lowest BCUT2D eigenvalue weighted by Crippen LogP contribution is -2.46. The summed E-state index contributed by atoms with van der Waals surface area (Å²) in [5, 5.41) is 0. The predicted molar refractivity (Wildman–Crippen MR) is 88.4 cm³/mol. The van der Waals surface area contributed by atoms with Crippen LogP contribution >= 0.6 is 0 Å². The third-order valence-electron chi connectivity index (χ3n) is 4.62. The molecule has 1 unspecified atom stereocenters. The number of hydrogen-bond donors (Lipinski definition) is 0. The molecule has 20 heavy (non-hydrogen) atoms. The van der Waals surface area contributed by atoms with Gasteiger partial charge in [0.1, 0.15) is 0 Å². The fraction of sp³-hybridized carbons (Fsp3) is 0.684. The Morgan fingerprint density at radius 1 is 0.950 bits per heavy atom. The summed E-state index contributed by atoms with van der Waals surface area (Å²) < 4.78 is 0. The number of rotatable bonds is 1. The second-order valence-corrected chi connectivity index (χ2v) is 8.33. The number of piperidine rings is 1. The summed E-state index contributed by atoms with van der Waals surface area (Å²) in [6, 6.07) is 9.37. The van der Waals surface area contributed by atoms with Crippen LogP contribution in [0.4, 0.5) is 0 Å². The second kappa shape index (κ2) is 5.52. The molecule has 0 saturated carbocycles. The van der Waals surface area contributed by atoms with Gasteiger partial charge in [0.05, 0.1) is 0 Å². The van der Waals surface area contributed by atoms with Crippen molar-refractivity contribution in [2.24, 2.45) is 0 Å². The third-order valence-corrected chi connectivity index (χ3v) is 4.62. The smallest absolute Gasteiger partial charge is 0.0125 e. The molecule has 0 bridgehead atoms. The van der Waals surface area contributed by atoms with Crippen molar-refractivity contribution in [3.05, 3.63) is 35.4 Å². The summed E-state index contributed by atoms with van der Waals surface area (Å²) in [5.41, 5.74) is 3.50. The first-order valence-electron chi connectivity index (χ1n) is 8.03. The van der Waals surface area contributed by atoms with Gasteiger partial charge in [0.25, 0.3) is 0 Å². The van der Waals surface area contributed by atoms with Crippen molar-refractivity contribution in [3.63, 3.8) is 0 Å². The van der Waals surface area contributed by atoms with Crippen LogP contribution in [0.2, 0.25) is 0 Å². The Morgan fingerprint density at radius 3 is 2.05 bits per heavy atom. The van der Waals surface area contributed by atoms with E-state index in [-0.39, 0.29) is 5.41 Å². The first-order valence-corrected chi connectivity index (χ1v) is 8.03. The maximum Gasteiger partial charge on any atom is 0.0125 e. The highest BCUT2D eigenvalue weighted by molar-refractivity contribution is 5.30. The quantitative estimate of drug-likeness (QED) is 0.699. The van der Waals surface area contributed by atoms with Crippen molar-refractivity contribution in [2.45, 2.75) is 71.3 Å². The van der Waals surface area contributed by atoms with E-state index in [0.717, 1.165) is 0 Å². The number of benzene rings is 1. The van der Waals surface area contributed by atoms with E-state index in [2.05, 4.69) is 70.7 Å². The zero-order valence-corrected chi connectivity index (χ0v) is 14.2. The van der Waals surface area contributed by atoms with Gasteiger partial charge in [-0.15, -0.1) is 0 Å². The van der Waals surface area contributed by atoms with Gasteiger partial charge in [0.2, 0.25) is 0 Å². The van der Waals surface area contributed by atoms with Gasteiger partial charge in [0.15, 0.2) is 0 Å². The summed E-state index contributed by atoms with van der Waals surface area (Å²) in [7, 11) is 0. The Balaban J connectivity index is 2.12.